The first-order chi connectivity index (χ1) is 15.5. The van der Waals surface area contributed by atoms with Crippen LogP contribution in [0.15, 0.2) is 51.8 Å². The molecule has 0 bridgehead atoms. The molecule has 188 valence electrons. The van der Waals surface area contributed by atoms with E-state index in [0.717, 1.165) is 12.1 Å². The number of likely N-dealkylation sites (N-methyl/N-ethyl adjacent to an activating group) is 1. The molecule has 2 aromatic rings. The Morgan fingerprint density at radius 1 is 1.12 bits per heavy atom. The summed E-state index contributed by atoms with van der Waals surface area (Å²) >= 11 is 2.96. The van der Waals surface area contributed by atoms with Crippen molar-refractivity contribution in [1.82, 2.24) is 4.90 Å². The van der Waals surface area contributed by atoms with Gasteiger partial charge in [-0.2, -0.15) is 8.42 Å². The quantitative estimate of drug-likeness (QED) is 0.467. The number of amides is 1. The number of rotatable bonds is 7. The molecule has 0 aliphatic carbocycles. The van der Waals surface area contributed by atoms with E-state index >= 15 is 0 Å². The van der Waals surface area contributed by atoms with Crippen molar-refractivity contribution in [1.29, 1.82) is 0 Å². The molecule has 2 rings (SSSR count). The van der Waals surface area contributed by atoms with E-state index in [1.54, 1.807) is 20.8 Å². The molecule has 8 nitrogen and oxygen atoms in total. The average Bonchev–Trinajstić information content (AvgIpc) is 2.65. The van der Waals surface area contributed by atoms with Crippen LogP contribution in [0.2, 0.25) is 0 Å². The monoisotopic (exact) mass is 569 g/mol. The molecular formula is C21H23BrF3NO7S. The highest BCUT2D eigenvalue weighted by molar-refractivity contribution is 9.10. The van der Waals surface area contributed by atoms with Crippen molar-refractivity contribution >= 4 is 32.1 Å². The van der Waals surface area contributed by atoms with Gasteiger partial charge in [0.2, 0.25) is 0 Å². The average molecular weight is 570 g/mol. The van der Waals surface area contributed by atoms with Crippen LogP contribution in [0, 0.1) is 0 Å². The Morgan fingerprint density at radius 3 is 2.24 bits per heavy atom. The third-order valence-electron chi connectivity index (χ3n) is 4.02. The Labute approximate surface area is 203 Å². The summed E-state index contributed by atoms with van der Waals surface area (Å²) in [7, 11) is -3.25. The summed E-state index contributed by atoms with van der Waals surface area (Å²) in [6, 6.07) is 8.12. The lowest BCUT2D eigenvalue weighted by Crippen LogP contribution is -2.36. The van der Waals surface area contributed by atoms with Crippen LogP contribution >= 0.6 is 15.9 Å². The zero-order valence-corrected chi connectivity index (χ0v) is 21.0. The number of carbonyl (C=O) groups excluding carboxylic acids is 1. The highest BCUT2D eigenvalue weighted by Gasteiger charge is 2.35. The standard InChI is InChI=1S/C21H23BrF3NO7S/c1-20(2,3)32-19(28)26(4)12-16(27)13-5-8-15(9-6-13)33-34(29,30)18-10-7-14(22)11-17(18)31-21(23,24)25/h5-11,16,27H,12H2,1-4H3. The second-order valence-corrected chi connectivity index (χ2v) is 10.6. The molecule has 34 heavy (non-hydrogen) atoms. The minimum absolute atomic E-state index is 0.107. The number of hydrogen-bond donors (Lipinski definition) is 1. The molecule has 0 radical (unpaired) electrons. The highest BCUT2D eigenvalue weighted by atomic mass is 79.9. The van der Waals surface area contributed by atoms with Crippen LogP contribution in [0.4, 0.5) is 18.0 Å². The van der Waals surface area contributed by atoms with Gasteiger partial charge in [-0.15, -0.1) is 13.2 Å². The molecule has 0 saturated heterocycles. The second-order valence-electron chi connectivity index (χ2n) is 8.12. The normalized spacial score (nSPS) is 13.2. The number of hydrogen-bond acceptors (Lipinski definition) is 7. The van der Waals surface area contributed by atoms with Gasteiger partial charge in [0.15, 0.2) is 5.75 Å². The predicted octanol–water partition coefficient (Wildman–Crippen LogP) is 5.02. The van der Waals surface area contributed by atoms with Crippen LogP contribution < -0.4 is 8.92 Å². The lowest BCUT2D eigenvalue weighted by molar-refractivity contribution is -0.275. The highest BCUT2D eigenvalue weighted by Crippen LogP contribution is 2.34. The second kappa shape index (κ2) is 10.4. The van der Waals surface area contributed by atoms with Gasteiger partial charge in [0.1, 0.15) is 16.2 Å². The smallest absolute Gasteiger partial charge is 0.444 e. The zero-order valence-electron chi connectivity index (χ0n) is 18.6. The summed E-state index contributed by atoms with van der Waals surface area (Å²) in [6.07, 6.45) is -6.87. The number of carbonyl (C=O) groups is 1. The van der Waals surface area contributed by atoms with Crippen molar-refractivity contribution in [3.05, 3.63) is 52.5 Å². The van der Waals surface area contributed by atoms with Gasteiger partial charge >= 0.3 is 22.6 Å². The summed E-state index contributed by atoms with van der Waals surface area (Å²) in [6.45, 7) is 5.00. The number of aliphatic hydroxyl groups is 1. The molecule has 1 atom stereocenters. The predicted molar refractivity (Wildman–Crippen MR) is 119 cm³/mol. The first kappa shape index (κ1) is 27.7. The maximum absolute atomic E-state index is 12.7. The molecule has 2 aromatic carbocycles. The fourth-order valence-corrected chi connectivity index (χ4v) is 3.97. The van der Waals surface area contributed by atoms with Crippen LogP contribution in [0.25, 0.3) is 0 Å². The minimum atomic E-state index is -5.12. The number of ether oxygens (including phenoxy) is 2. The van der Waals surface area contributed by atoms with Gasteiger partial charge < -0.3 is 23.7 Å². The minimum Gasteiger partial charge on any atom is -0.444 e. The Hall–Kier alpha value is -2.51. The Balaban J connectivity index is 2.14. The van der Waals surface area contributed by atoms with Crippen molar-refractivity contribution in [2.75, 3.05) is 13.6 Å². The van der Waals surface area contributed by atoms with Gasteiger partial charge in [0.25, 0.3) is 0 Å². The first-order valence-corrected chi connectivity index (χ1v) is 11.9. The summed E-state index contributed by atoms with van der Waals surface area (Å²) in [5.74, 6) is -1.17. The molecular weight excluding hydrogens is 547 g/mol. The molecule has 1 unspecified atom stereocenters. The lowest BCUT2D eigenvalue weighted by atomic mass is 10.1. The van der Waals surface area contributed by atoms with Crippen molar-refractivity contribution in [2.24, 2.45) is 0 Å². The molecule has 1 amide bonds. The molecule has 1 N–H and O–H groups in total. The van der Waals surface area contributed by atoms with E-state index in [2.05, 4.69) is 20.7 Å². The summed E-state index contributed by atoms with van der Waals surface area (Å²) in [5, 5.41) is 10.4. The molecule has 0 fully saturated rings. The van der Waals surface area contributed by atoms with E-state index < -0.39 is 44.9 Å². The summed E-state index contributed by atoms with van der Waals surface area (Å²) in [5.41, 5.74) is -0.370. The van der Waals surface area contributed by atoms with Gasteiger partial charge in [0, 0.05) is 11.5 Å². The fourth-order valence-electron chi connectivity index (χ4n) is 2.59. The molecule has 13 heteroatoms. The van der Waals surface area contributed by atoms with E-state index in [9.17, 15) is 31.5 Å². The van der Waals surface area contributed by atoms with Crippen molar-refractivity contribution < 1.29 is 45.1 Å². The number of nitrogens with zero attached hydrogens (tertiary/aromatic N) is 1. The molecule has 0 aliphatic rings. The van der Waals surface area contributed by atoms with Crippen molar-refractivity contribution in [3.63, 3.8) is 0 Å². The van der Waals surface area contributed by atoms with Crippen molar-refractivity contribution in [3.8, 4) is 11.5 Å². The Morgan fingerprint density at radius 2 is 1.71 bits per heavy atom. The van der Waals surface area contributed by atoms with Gasteiger partial charge in [0.05, 0.1) is 12.6 Å². The van der Waals surface area contributed by atoms with Gasteiger partial charge in [-0.1, -0.05) is 28.1 Å². The Bertz CT molecular complexity index is 1120. The molecule has 0 aliphatic heterocycles. The largest absolute Gasteiger partial charge is 0.573 e. The van der Waals surface area contributed by atoms with E-state index in [1.807, 2.05) is 0 Å². The number of halogens is 4. The third kappa shape index (κ3) is 8.37. The summed E-state index contributed by atoms with van der Waals surface area (Å²) < 4.78 is 77.3. The van der Waals surface area contributed by atoms with E-state index in [-0.39, 0.29) is 16.8 Å². The van der Waals surface area contributed by atoms with E-state index in [0.29, 0.717) is 5.56 Å². The molecule has 0 saturated carbocycles. The third-order valence-corrected chi connectivity index (χ3v) is 5.80. The topological polar surface area (TPSA) is 102 Å². The van der Waals surface area contributed by atoms with Crippen LogP contribution in [0.3, 0.4) is 0 Å². The molecule has 0 aromatic heterocycles. The Kier molecular flexibility index (Phi) is 8.48. The number of benzene rings is 2. The fraction of sp³-hybridized carbons (Fsp3) is 0.381. The number of alkyl halides is 3. The van der Waals surface area contributed by atoms with Gasteiger partial charge in [-0.05, 0) is 56.7 Å². The van der Waals surface area contributed by atoms with Crippen LogP contribution in [-0.4, -0.2) is 50.1 Å². The van der Waals surface area contributed by atoms with Crippen LogP contribution in [-0.2, 0) is 14.9 Å². The summed E-state index contributed by atoms with van der Waals surface area (Å²) in [4.78, 5) is 12.4. The lowest BCUT2D eigenvalue weighted by Gasteiger charge is -2.26. The van der Waals surface area contributed by atoms with E-state index in [1.165, 1.54) is 42.3 Å². The van der Waals surface area contributed by atoms with Gasteiger partial charge in [-0.25, -0.2) is 4.79 Å². The van der Waals surface area contributed by atoms with Gasteiger partial charge in [-0.3, -0.25) is 0 Å². The molecule has 0 heterocycles. The SMILES string of the molecule is CN(CC(O)c1ccc(OS(=O)(=O)c2ccc(Br)cc2OC(F)(F)F)cc1)C(=O)OC(C)(C)C. The molecule has 0 spiro atoms. The zero-order chi connectivity index (χ0) is 25.9. The van der Waals surface area contributed by atoms with Crippen molar-refractivity contribution in [2.45, 2.75) is 43.7 Å². The first-order valence-electron chi connectivity index (χ1n) is 9.69. The van der Waals surface area contributed by atoms with Crippen LogP contribution in [0.1, 0.15) is 32.4 Å². The van der Waals surface area contributed by atoms with E-state index in [4.69, 9.17) is 8.92 Å². The number of aliphatic hydroxyl groups excluding tert-OH is 1. The maximum Gasteiger partial charge on any atom is 0.573 e. The van der Waals surface area contributed by atoms with Crippen LogP contribution in [0.5, 0.6) is 11.5 Å². The maximum atomic E-state index is 12.7.